The second-order valence-electron chi connectivity index (χ2n) is 6.10. The Bertz CT molecular complexity index is 902. The molecule has 0 saturated heterocycles. The summed E-state index contributed by atoms with van der Waals surface area (Å²) in [6.45, 7) is -0.0666. The van der Waals surface area contributed by atoms with Gasteiger partial charge >= 0.3 is 6.36 Å². The lowest BCUT2D eigenvalue weighted by atomic mass is 10.1. The number of rotatable bonds is 8. The van der Waals surface area contributed by atoms with E-state index in [0.717, 1.165) is 17.7 Å². The van der Waals surface area contributed by atoms with Crippen molar-refractivity contribution in [2.75, 3.05) is 27.7 Å². The van der Waals surface area contributed by atoms with Crippen molar-refractivity contribution in [3.05, 3.63) is 54.1 Å². The lowest BCUT2D eigenvalue weighted by molar-refractivity contribution is -0.275. The molecule has 0 spiro atoms. The number of methoxy groups -OCH3 is 1. The van der Waals surface area contributed by atoms with Gasteiger partial charge in [-0.3, -0.25) is 0 Å². The van der Waals surface area contributed by atoms with Crippen LogP contribution in [0.3, 0.4) is 0 Å². The van der Waals surface area contributed by atoms with E-state index in [1.807, 2.05) is 6.07 Å². The number of alkyl halides is 3. The maximum absolute atomic E-state index is 12.6. The maximum atomic E-state index is 12.6. The van der Waals surface area contributed by atoms with Crippen LogP contribution in [0.2, 0.25) is 0 Å². The molecule has 6 nitrogen and oxygen atoms in total. The molecule has 1 atom stereocenters. The van der Waals surface area contributed by atoms with Crippen LogP contribution in [0, 0.1) is 0 Å². The first-order chi connectivity index (χ1) is 13.0. The third-order valence-corrected chi connectivity index (χ3v) is 5.40. The summed E-state index contributed by atoms with van der Waals surface area (Å²) in [5, 5.41) is 0. The Labute approximate surface area is 161 Å². The molecule has 0 aliphatic heterocycles. The molecule has 0 unspecified atom stereocenters. The molecule has 28 heavy (non-hydrogen) atoms. The number of ether oxygens (including phenoxy) is 2. The summed E-state index contributed by atoms with van der Waals surface area (Å²) in [7, 11) is 0.796. The number of nitrogens with one attached hydrogen (secondary N) is 1. The van der Waals surface area contributed by atoms with Crippen LogP contribution in [0.4, 0.5) is 13.2 Å². The fourth-order valence-electron chi connectivity index (χ4n) is 2.59. The highest BCUT2D eigenvalue weighted by Gasteiger charge is 2.34. The quantitative estimate of drug-likeness (QED) is 0.713. The van der Waals surface area contributed by atoms with Gasteiger partial charge in [-0.2, -0.15) is 0 Å². The smallest absolute Gasteiger partial charge is 0.497 e. The molecule has 0 aromatic heterocycles. The average molecular weight is 418 g/mol. The summed E-state index contributed by atoms with van der Waals surface area (Å²) in [6, 6.07) is 11.3. The molecule has 2 aromatic carbocycles. The van der Waals surface area contributed by atoms with Gasteiger partial charge in [-0.05, 0) is 43.9 Å². The molecule has 0 bridgehead atoms. The summed E-state index contributed by atoms with van der Waals surface area (Å²) in [6.07, 6.45) is -5.00. The van der Waals surface area contributed by atoms with Crippen LogP contribution in [-0.2, 0) is 10.0 Å². The Kier molecular flexibility index (Phi) is 6.91. The highest BCUT2D eigenvalue weighted by molar-refractivity contribution is 7.89. The van der Waals surface area contributed by atoms with Crippen molar-refractivity contribution in [1.29, 1.82) is 0 Å². The lowest BCUT2D eigenvalue weighted by Crippen LogP contribution is -2.35. The van der Waals surface area contributed by atoms with E-state index in [0.29, 0.717) is 5.75 Å². The Hall–Kier alpha value is -2.30. The monoisotopic (exact) mass is 418 g/mol. The minimum absolute atomic E-state index is 0.0666. The van der Waals surface area contributed by atoms with Gasteiger partial charge in [0.15, 0.2) is 0 Å². The summed E-state index contributed by atoms with van der Waals surface area (Å²) in [5.74, 6) is -0.179. The zero-order valence-electron chi connectivity index (χ0n) is 15.5. The molecule has 0 aliphatic carbocycles. The van der Waals surface area contributed by atoms with Crippen LogP contribution in [0.5, 0.6) is 11.5 Å². The lowest BCUT2D eigenvalue weighted by Gasteiger charge is -2.25. The second-order valence-corrected chi connectivity index (χ2v) is 7.84. The number of hydrogen-bond acceptors (Lipinski definition) is 5. The van der Waals surface area contributed by atoms with Crippen molar-refractivity contribution >= 4 is 10.0 Å². The SMILES string of the molecule is COc1cccc([C@@H](CNS(=O)(=O)c2ccccc2OC(F)(F)F)N(C)C)c1. The summed E-state index contributed by atoms with van der Waals surface area (Å²) >= 11 is 0. The van der Waals surface area contributed by atoms with Crippen LogP contribution < -0.4 is 14.2 Å². The molecule has 1 N–H and O–H groups in total. The molecule has 0 saturated carbocycles. The van der Waals surface area contributed by atoms with E-state index >= 15 is 0 Å². The minimum atomic E-state index is -5.00. The van der Waals surface area contributed by atoms with Crippen LogP contribution in [0.15, 0.2) is 53.4 Å². The molecule has 0 amide bonds. The van der Waals surface area contributed by atoms with Gasteiger partial charge in [0.05, 0.1) is 7.11 Å². The molecule has 0 heterocycles. The van der Waals surface area contributed by atoms with E-state index in [2.05, 4.69) is 9.46 Å². The molecule has 2 rings (SSSR count). The molecular weight excluding hydrogens is 397 g/mol. The van der Waals surface area contributed by atoms with Crippen molar-refractivity contribution in [3.63, 3.8) is 0 Å². The van der Waals surface area contributed by atoms with Gasteiger partial charge in [0.2, 0.25) is 10.0 Å². The fourth-order valence-corrected chi connectivity index (χ4v) is 3.76. The van der Waals surface area contributed by atoms with E-state index in [4.69, 9.17) is 4.74 Å². The Morgan fingerprint density at radius 1 is 1.11 bits per heavy atom. The fraction of sp³-hybridized carbons (Fsp3) is 0.333. The van der Waals surface area contributed by atoms with Crippen molar-refractivity contribution < 1.29 is 31.1 Å². The first kappa shape index (κ1) is 22.0. The van der Waals surface area contributed by atoms with E-state index in [9.17, 15) is 21.6 Å². The Balaban J connectivity index is 2.26. The minimum Gasteiger partial charge on any atom is -0.497 e. The number of sulfonamides is 1. The highest BCUT2D eigenvalue weighted by Crippen LogP contribution is 2.30. The Morgan fingerprint density at radius 2 is 1.79 bits per heavy atom. The standard InChI is InChI=1S/C18H21F3N2O4S/c1-23(2)15(13-7-6-8-14(11-13)26-3)12-22-28(24,25)17-10-5-4-9-16(17)27-18(19,20)21/h4-11,15,22H,12H2,1-3H3/t15-/m1/s1. The van der Waals surface area contributed by atoms with Gasteiger partial charge in [0.1, 0.15) is 16.4 Å². The van der Waals surface area contributed by atoms with Crippen LogP contribution in [0.25, 0.3) is 0 Å². The number of para-hydroxylation sites is 1. The molecule has 154 valence electrons. The number of likely N-dealkylation sites (N-methyl/N-ethyl adjacent to an activating group) is 1. The first-order valence-electron chi connectivity index (χ1n) is 8.18. The zero-order valence-corrected chi connectivity index (χ0v) is 16.3. The Morgan fingerprint density at radius 3 is 2.39 bits per heavy atom. The third-order valence-electron chi connectivity index (χ3n) is 3.93. The summed E-state index contributed by atoms with van der Waals surface area (Å²) in [5.41, 5.74) is 0.784. The predicted molar refractivity (Wildman–Crippen MR) is 97.7 cm³/mol. The topological polar surface area (TPSA) is 67.9 Å². The van der Waals surface area contributed by atoms with Gasteiger partial charge < -0.3 is 14.4 Å². The molecule has 0 aliphatic rings. The largest absolute Gasteiger partial charge is 0.573 e. The molecule has 0 fully saturated rings. The van der Waals surface area contributed by atoms with Crippen LogP contribution >= 0.6 is 0 Å². The second kappa shape index (κ2) is 8.80. The number of halogens is 3. The van der Waals surface area contributed by atoms with Gasteiger partial charge in [0, 0.05) is 12.6 Å². The average Bonchev–Trinajstić information content (AvgIpc) is 2.60. The normalized spacial score (nSPS) is 13.4. The molecule has 0 radical (unpaired) electrons. The van der Waals surface area contributed by atoms with Gasteiger partial charge in [-0.15, -0.1) is 13.2 Å². The third kappa shape index (κ3) is 5.85. The van der Waals surface area contributed by atoms with E-state index in [-0.39, 0.29) is 12.6 Å². The molecule has 10 heteroatoms. The zero-order chi connectivity index (χ0) is 20.9. The maximum Gasteiger partial charge on any atom is 0.573 e. The number of hydrogen-bond donors (Lipinski definition) is 1. The van der Waals surface area contributed by atoms with Crippen LogP contribution in [0.1, 0.15) is 11.6 Å². The number of nitrogens with zero attached hydrogens (tertiary/aromatic N) is 1. The number of benzene rings is 2. The van der Waals surface area contributed by atoms with Crippen LogP contribution in [-0.4, -0.2) is 47.4 Å². The van der Waals surface area contributed by atoms with Gasteiger partial charge in [-0.25, -0.2) is 13.1 Å². The van der Waals surface area contributed by atoms with E-state index in [1.165, 1.54) is 19.2 Å². The summed E-state index contributed by atoms with van der Waals surface area (Å²) < 4.78 is 74.3. The predicted octanol–water partition coefficient (Wildman–Crippen LogP) is 3.18. The van der Waals surface area contributed by atoms with Crippen molar-refractivity contribution in [1.82, 2.24) is 9.62 Å². The highest BCUT2D eigenvalue weighted by atomic mass is 32.2. The van der Waals surface area contributed by atoms with Gasteiger partial charge in [-0.1, -0.05) is 24.3 Å². The van der Waals surface area contributed by atoms with Crippen molar-refractivity contribution in [2.45, 2.75) is 17.3 Å². The molecular formula is C18H21F3N2O4S. The molecule has 2 aromatic rings. The van der Waals surface area contributed by atoms with E-state index in [1.54, 1.807) is 37.2 Å². The van der Waals surface area contributed by atoms with Crippen molar-refractivity contribution in [2.24, 2.45) is 0 Å². The first-order valence-corrected chi connectivity index (χ1v) is 9.66. The van der Waals surface area contributed by atoms with Gasteiger partial charge in [0.25, 0.3) is 0 Å². The van der Waals surface area contributed by atoms with E-state index < -0.39 is 27.0 Å². The van der Waals surface area contributed by atoms with Crippen molar-refractivity contribution in [3.8, 4) is 11.5 Å². The summed E-state index contributed by atoms with van der Waals surface area (Å²) in [4.78, 5) is 1.20.